The van der Waals surface area contributed by atoms with Gasteiger partial charge < -0.3 is 9.84 Å². The van der Waals surface area contributed by atoms with Crippen LogP contribution in [0.1, 0.15) is 17.3 Å². The summed E-state index contributed by atoms with van der Waals surface area (Å²) in [5.74, 6) is -0.865. The van der Waals surface area contributed by atoms with Crippen LogP contribution in [0.3, 0.4) is 0 Å². The normalized spacial score (nSPS) is 10.5. The Hall–Kier alpha value is -2.04. The monoisotopic (exact) mass is 206 g/mol. The molecule has 2 aromatic rings. The molecule has 1 N–H and O–H groups in total. The van der Waals surface area contributed by atoms with E-state index >= 15 is 0 Å². The Morgan fingerprint density at radius 2 is 2.40 bits per heavy atom. The first-order valence-electron chi connectivity index (χ1n) is 4.57. The molecule has 2 heterocycles. The number of carbonyl (C=O) groups is 1. The second-order valence-corrected chi connectivity index (χ2v) is 2.95. The van der Waals surface area contributed by atoms with Gasteiger partial charge in [-0.2, -0.15) is 0 Å². The van der Waals surface area contributed by atoms with Crippen molar-refractivity contribution in [1.29, 1.82) is 0 Å². The second kappa shape index (κ2) is 3.61. The fourth-order valence-electron chi connectivity index (χ4n) is 1.39. The third-order valence-electron chi connectivity index (χ3n) is 2.00. The molecular weight excluding hydrogens is 196 g/mol. The minimum atomic E-state index is -0.559. The molecule has 0 bridgehead atoms. The van der Waals surface area contributed by atoms with E-state index in [2.05, 4.69) is 5.10 Å². The highest BCUT2D eigenvalue weighted by Gasteiger charge is 2.19. The lowest BCUT2D eigenvalue weighted by atomic mass is 10.2. The van der Waals surface area contributed by atoms with Crippen molar-refractivity contribution in [3.05, 3.63) is 30.0 Å². The maximum atomic E-state index is 11.5. The number of aromatic hydroxyl groups is 1. The summed E-state index contributed by atoms with van der Waals surface area (Å²) >= 11 is 0. The number of esters is 1. The second-order valence-electron chi connectivity index (χ2n) is 2.95. The van der Waals surface area contributed by atoms with Gasteiger partial charge in [0.25, 0.3) is 0 Å². The van der Waals surface area contributed by atoms with E-state index in [1.165, 1.54) is 4.52 Å². The smallest absolute Gasteiger partial charge is 0.345 e. The summed E-state index contributed by atoms with van der Waals surface area (Å²) in [6.07, 6.45) is 1.65. The van der Waals surface area contributed by atoms with Gasteiger partial charge in [0.05, 0.1) is 12.1 Å². The molecule has 0 amide bonds. The highest BCUT2D eigenvalue weighted by molar-refractivity contribution is 5.99. The minimum Gasteiger partial charge on any atom is -0.492 e. The summed E-state index contributed by atoms with van der Waals surface area (Å²) in [4.78, 5) is 11.5. The zero-order chi connectivity index (χ0) is 10.8. The van der Waals surface area contributed by atoms with Crippen LogP contribution in [0.4, 0.5) is 0 Å². The highest BCUT2D eigenvalue weighted by atomic mass is 16.5. The predicted molar refractivity (Wildman–Crippen MR) is 52.8 cm³/mol. The summed E-state index contributed by atoms with van der Waals surface area (Å²) in [6.45, 7) is 1.98. The van der Waals surface area contributed by atoms with Gasteiger partial charge in [0, 0.05) is 6.20 Å². The van der Waals surface area contributed by atoms with E-state index in [1.807, 2.05) is 0 Å². The van der Waals surface area contributed by atoms with Gasteiger partial charge >= 0.3 is 5.97 Å². The molecule has 2 aromatic heterocycles. The molecule has 0 unspecified atom stereocenters. The molecule has 2 rings (SSSR count). The fraction of sp³-hybridized carbons (Fsp3) is 0.200. The van der Waals surface area contributed by atoms with Gasteiger partial charge in [-0.1, -0.05) is 6.07 Å². The Labute approximate surface area is 85.9 Å². The molecule has 0 aliphatic rings. The van der Waals surface area contributed by atoms with E-state index < -0.39 is 5.97 Å². The summed E-state index contributed by atoms with van der Waals surface area (Å²) in [5, 5.41) is 13.3. The first kappa shape index (κ1) is 9.51. The van der Waals surface area contributed by atoms with Crippen LogP contribution in [-0.4, -0.2) is 27.3 Å². The van der Waals surface area contributed by atoms with Crippen LogP contribution < -0.4 is 0 Å². The van der Waals surface area contributed by atoms with Crippen LogP contribution >= 0.6 is 0 Å². The number of fused-ring (bicyclic) bond motifs is 1. The van der Waals surface area contributed by atoms with Crippen molar-refractivity contribution >= 4 is 11.5 Å². The zero-order valence-electron chi connectivity index (χ0n) is 8.17. The van der Waals surface area contributed by atoms with Crippen molar-refractivity contribution in [3.63, 3.8) is 0 Å². The Bertz CT molecular complexity index is 504. The van der Waals surface area contributed by atoms with Crippen LogP contribution in [0.5, 0.6) is 5.88 Å². The third-order valence-corrected chi connectivity index (χ3v) is 2.00. The van der Waals surface area contributed by atoms with Gasteiger partial charge in [0.2, 0.25) is 5.88 Å². The number of aromatic nitrogens is 2. The Balaban J connectivity index is 2.58. The van der Waals surface area contributed by atoms with Crippen molar-refractivity contribution in [2.75, 3.05) is 6.61 Å². The number of rotatable bonds is 2. The van der Waals surface area contributed by atoms with Crippen molar-refractivity contribution in [1.82, 2.24) is 9.61 Å². The van der Waals surface area contributed by atoms with Crippen molar-refractivity contribution in [3.8, 4) is 5.88 Å². The van der Waals surface area contributed by atoms with Gasteiger partial charge in [0.15, 0.2) is 0 Å². The predicted octanol–water partition coefficient (Wildman–Crippen LogP) is 1.22. The zero-order valence-corrected chi connectivity index (χ0v) is 8.17. The van der Waals surface area contributed by atoms with Crippen molar-refractivity contribution in [2.24, 2.45) is 0 Å². The van der Waals surface area contributed by atoms with Gasteiger partial charge in [0.1, 0.15) is 5.56 Å². The fourth-order valence-corrected chi connectivity index (χ4v) is 1.39. The molecule has 0 aliphatic heterocycles. The van der Waals surface area contributed by atoms with E-state index in [9.17, 15) is 9.90 Å². The Kier molecular flexibility index (Phi) is 2.29. The average Bonchev–Trinajstić information content (AvgIpc) is 2.54. The molecular formula is C10H10N2O3. The molecule has 5 nitrogen and oxygen atoms in total. The molecule has 0 aliphatic carbocycles. The lowest BCUT2D eigenvalue weighted by Crippen LogP contribution is -2.04. The molecule has 0 fully saturated rings. The van der Waals surface area contributed by atoms with Crippen LogP contribution in [0, 0.1) is 0 Å². The van der Waals surface area contributed by atoms with E-state index in [4.69, 9.17) is 4.74 Å². The molecule has 15 heavy (non-hydrogen) atoms. The van der Waals surface area contributed by atoms with Gasteiger partial charge in [-0.15, -0.1) is 5.10 Å². The first-order valence-corrected chi connectivity index (χ1v) is 4.57. The molecule has 0 saturated carbocycles. The minimum absolute atomic E-state index is 0.109. The number of hydrogen-bond donors (Lipinski definition) is 1. The average molecular weight is 206 g/mol. The maximum Gasteiger partial charge on any atom is 0.345 e. The lowest BCUT2D eigenvalue weighted by Gasteiger charge is -1.99. The first-order chi connectivity index (χ1) is 7.24. The van der Waals surface area contributed by atoms with Crippen LogP contribution in [-0.2, 0) is 4.74 Å². The van der Waals surface area contributed by atoms with E-state index in [-0.39, 0.29) is 18.1 Å². The van der Waals surface area contributed by atoms with Crippen LogP contribution in [0.15, 0.2) is 24.4 Å². The molecule has 0 spiro atoms. The lowest BCUT2D eigenvalue weighted by molar-refractivity contribution is 0.0525. The van der Waals surface area contributed by atoms with Gasteiger partial charge in [-0.05, 0) is 19.1 Å². The number of ether oxygens (including phenoxy) is 1. The molecule has 0 radical (unpaired) electrons. The summed E-state index contributed by atoms with van der Waals surface area (Å²) < 4.78 is 6.26. The molecule has 78 valence electrons. The molecule has 5 heteroatoms. The van der Waals surface area contributed by atoms with Crippen molar-refractivity contribution < 1.29 is 14.6 Å². The van der Waals surface area contributed by atoms with Gasteiger partial charge in [-0.3, -0.25) is 0 Å². The molecule has 0 aromatic carbocycles. The molecule has 0 atom stereocenters. The Morgan fingerprint density at radius 3 is 3.13 bits per heavy atom. The Morgan fingerprint density at radius 1 is 1.60 bits per heavy atom. The SMILES string of the molecule is CCOC(=O)c1c(O)nn2ccccc12. The van der Waals surface area contributed by atoms with E-state index in [0.29, 0.717) is 5.52 Å². The summed E-state index contributed by atoms with van der Waals surface area (Å²) in [5.41, 5.74) is 0.644. The number of carbonyl (C=O) groups excluding carboxylic acids is 1. The van der Waals surface area contributed by atoms with E-state index in [1.54, 1.807) is 31.3 Å². The van der Waals surface area contributed by atoms with E-state index in [0.717, 1.165) is 0 Å². The van der Waals surface area contributed by atoms with Gasteiger partial charge in [-0.25, -0.2) is 9.31 Å². The number of hydrogen-bond acceptors (Lipinski definition) is 4. The highest BCUT2D eigenvalue weighted by Crippen LogP contribution is 2.21. The third kappa shape index (κ3) is 1.52. The summed E-state index contributed by atoms with van der Waals surface area (Å²) in [7, 11) is 0. The standard InChI is InChI=1S/C10H10N2O3/c1-2-15-10(14)8-7-5-3-4-6-12(7)11-9(8)13/h3-6H,2H2,1H3,(H,11,13). The van der Waals surface area contributed by atoms with Crippen LogP contribution in [0.2, 0.25) is 0 Å². The quantitative estimate of drug-likeness (QED) is 0.750. The van der Waals surface area contributed by atoms with Crippen LogP contribution in [0.25, 0.3) is 5.52 Å². The van der Waals surface area contributed by atoms with Crippen molar-refractivity contribution in [2.45, 2.75) is 6.92 Å². The maximum absolute atomic E-state index is 11.5. The number of pyridine rings is 1. The topological polar surface area (TPSA) is 63.8 Å². The largest absolute Gasteiger partial charge is 0.492 e. The number of nitrogens with zero attached hydrogens (tertiary/aromatic N) is 2. The summed E-state index contributed by atoms with van der Waals surface area (Å²) in [6, 6.07) is 5.21. The molecule has 0 saturated heterocycles.